The van der Waals surface area contributed by atoms with Gasteiger partial charge in [0.25, 0.3) is 0 Å². The van der Waals surface area contributed by atoms with Crippen LogP contribution in [0, 0.1) is 0 Å². The summed E-state index contributed by atoms with van der Waals surface area (Å²) < 4.78 is 0. The molecule has 0 saturated carbocycles. The molecule has 3 N–H and O–H groups in total. The largest absolute Gasteiger partial charge is 0.870 e. The van der Waals surface area contributed by atoms with E-state index in [1.54, 1.807) is 0 Å². The quantitative estimate of drug-likeness (QED) is 0.649. The van der Waals surface area contributed by atoms with Crippen LogP contribution in [0.3, 0.4) is 0 Å². The van der Waals surface area contributed by atoms with E-state index in [9.17, 15) is 0 Å². The molecule has 7 heteroatoms. The Morgan fingerprint density at radius 1 is 0.857 bits per heavy atom. The molecule has 0 aromatic heterocycles. The monoisotopic (exact) mass is 359 g/mol. The Bertz CT molecular complexity index is 25.2. The second kappa shape index (κ2) is 5.90. The van der Waals surface area contributed by atoms with Crippen LogP contribution in [0.25, 0.3) is 0 Å². The Morgan fingerprint density at radius 3 is 0.857 bits per heavy atom. The van der Waals surface area contributed by atoms with Crippen molar-refractivity contribution in [3.8, 4) is 0 Å². The summed E-state index contributed by atoms with van der Waals surface area (Å²) in [5.41, 5.74) is 0. The SMILES string of the molecule is O.[Cl][W]([Cl])([Cl])[Cl].[OH-]. The Balaban J connectivity index is -0.0000000800. The van der Waals surface area contributed by atoms with E-state index in [0.717, 1.165) is 0 Å². The van der Waals surface area contributed by atoms with Gasteiger partial charge in [0.1, 0.15) is 0 Å². The normalized spacial score (nSPS) is 10.9. The van der Waals surface area contributed by atoms with E-state index >= 15 is 0 Å². The van der Waals surface area contributed by atoms with Crippen LogP contribution in [0.15, 0.2) is 0 Å². The van der Waals surface area contributed by atoms with Crippen LogP contribution < -0.4 is 0 Å². The third kappa shape index (κ3) is 82.7. The predicted octanol–water partition coefficient (Wildman–Crippen LogP) is 1.75. The molecule has 0 bridgehead atoms. The molecule has 7 heavy (non-hydrogen) atoms. The second-order valence-electron chi connectivity index (χ2n) is 0.350. The number of rotatable bonds is 0. The molecule has 0 saturated heterocycles. The van der Waals surface area contributed by atoms with E-state index < -0.39 is 11.9 Å². The van der Waals surface area contributed by atoms with E-state index in [2.05, 4.69) is 0 Å². The Morgan fingerprint density at radius 2 is 0.857 bits per heavy atom. The van der Waals surface area contributed by atoms with Crippen LogP contribution in [0.4, 0.5) is 0 Å². The third-order valence-electron chi connectivity index (χ3n) is 0. The smallest absolute Gasteiger partial charge is 0.870 e. The topological polar surface area (TPSA) is 61.5 Å². The van der Waals surface area contributed by atoms with Gasteiger partial charge in [-0.1, -0.05) is 0 Å². The van der Waals surface area contributed by atoms with E-state index in [1.165, 1.54) is 0 Å². The van der Waals surface area contributed by atoms with Crippen molar-refractivity contribution in [2.24, 2.45) is 0 Å². The van der Waals surface area contributed by atoms with Crippen molar-refractivity contribution in [2.45, 2.75) is 0 Å². The summed E-state index contributed by atoms with van der Waals surface area (Å²) in [5.74, 6) is 0. The molecule has 0 spiro atoms. The summed E-state index contributed by atoms with van der Waals surface area (Å²) in [5, 5.41) is 0. The third-order valence-corrected chi connectivity index (χ3v) is 0. The standard InChI is InChI=1S/4ClH.2H2O.W/h4*1H;2*1H2;/q;;;;;;+4/p-5. The van der Waals surface area contributed by atoms with Crippen LogP contribution in [0.2, 0.25) is 0 Å². The minimum atomic E-state index is -3.28. The van der Waals surface area contributed by atoms with Gasteiger partial charge in [0.2, 0.25) is 0 Å². The maximum absolute atomic E-state index is 5.03. The molecule has 0 aliphatic carbocycles. The van der Waals surface area contributed by atoms with Gasteiger partial charge < -0.3 is 11.0 Å². The molecule has 0 heterocycles. The molecule has 0 aromatic rings. The molecular formula is H3Cl4O2W-. The first kappa shape index (κ1) is 15.9. The molecular weight excluding hydrogens is 358 g/mol. The summed E-state index contributed by atoms with van der Waals surface area (Å²) in [6.45, 7) is 0. The van der Waals surface area contributed by atoms with Crippen molar-refractivity contribution >= 4 is 37.7 Å². The van der Waals surface area contributed by atoms with E-state index in [4.69, 9.17) is 37.7 Å². The molecule has 0 rings (SSSR count). The zero-order chi connectivity index (χ0) is 4.50. The van der Waals surface area contributed by atoms with E-state index in [0.29, 0.717) is 0 Å². The molecule has 0 aliphatic rings. The van der Waals surface area contributed by atoms with Gasteiger partial charge in [-0.05, 0) is 0 Å². The summed E-state index contributed by atoms with van der Waals surface area (Å²) in [7, 11) is 20.1. The first-order valence-corrected chi connectivity index (χ1v) is 15.2. The molecule has 50 valence electrons. The van der Waals surface area contributed by atoms with Gasteiger partial charge in [-0.3, -0.25) is 0 Å². The zero-order valence-corrected chi connectivity index (χ0v) is 8.82. The first-order chi connectivity index (χ1) is 2.00. The molecule has 0 radical (unpaired) electrons. The number of hydrogen-bond donors (Lipinski definition) is 0. The minimum Gasteiger partial charge on any atom is -0.870 e. The van der Waals surface area contributed by atoms with Crippen molar-refractivity contribution in [2.75, 3.05) is 0 Å². The Hall–Kier alpha value is 1.77. The summed E-state index contributed by atoms with van der Waals surface area (Å²) in [6, 6.07) is 0. The number of halogens is 4. The van der Waals surface area contributed by atoms with Gasteiger partial charge >= 0.3 is 49.6 Å². The van der Waals surface area contributed by atoms with Crippen LogP contribution >= 0.6 is 37.7 Å². The van der Waals surface area contributed by atoms with Crippen molar-refractivity contribution in [3.63, 3.8) is 0 Å². The van der Waals surface area contributed by atoms with Gasteiger partial charge in [-0.25, -0.2) is 0 Å². The summed E-state index contributed by atoms with van der Waals surface area (Å²) >= 11 is -3.28. The van der Waals surface area contributed by atoms with Gasteiger partial charge in [-0.2, -0.15) is 0 Å². The Labute approximate surface area is 60.2 Å². The van der Waals surface area contributed by atoms with E-state index in [1.807, 2.05) is 0 Å². The fourth-order valence-electron chi connectivity index (χ4n) is 0. The van der Waals surface area contributed by atoms with Gasteiger partial charge in [0, 0.05) is 0 Å². The van der Waals surface area contributed by atoms with Gasteiger partial charge in [0.15, 0.2) is 0 Å². The van der Waals surface area contributed by atoms with Gasteiger partial charge in [0.05, 0.1) is 0 Å². The molecule has 0 atom stereocenters. The maximum atomic E-state index is 5.03. The van der Waals surface area contributed by atoms with Crippen molar-refractivity contribution in [3.05, 3.63) is 0 Å². The molecule has 0 unspecified atom stereocenters. The predicted molar refractivity (Wildman–Crippen MR) is 29.0 cm³/mol. The van der Waals surface area contributed by atoms with Gasteiger partial charge in [-0.15, -0.1) is 0 Å². The zero-order valence-electron chi connectivity index (χ0n) is 2.87. The fourth-order valence-corrected chi connectivity index (χ4v) is 0. The number of hydrogen-bond acceptors (Lipinski definition) is 1. The van der Waals surface area contributed by atoms with Crippen molar-refractivity contribution in [1.29, 1.82) is 0 Å². The average Bonchev–Trinajstić information content (AvgIpc) is 0.722. The molecule has 0 aromatic carbocycles. The van der Waals surface area contributed by atoms with Crippen LogP contribution in [-0.4, -0.2) is 11.0 Å². The van der Waals surface area contributed by atoms with Crippen molar-refractivity contribution in [1.82, 2.24) is 0 Å². The van der Waals surface area contributed by atoms with E-state index in [-0.39, 0.29) is 11.0 Å². The van der Waals surface area contributed by atoms with Crippen molar-refractivity contribution < 1.29 is 22.8 Å². The molecule has 2 nitrogen and oxygen atoms in total. The fraction of sp³-hybridized carbons (Fsp3) is 0. The molecule has 0 amide bonds. The molecule has 0 fully saturated rings. The summed E-state index contributed by atoms with van der Waals surface area (Å²) in [6.07, 6.45) is 0. The Kier molecular flexibility index (Phi) is 13.4. The minimum absolute atomic E-state index is 0. The first-order valence-electron chi connectivity index (χ1n) is 0.617. The van der Waals surface area contributed by atoms with Crippen LogP contribution in [0.5, 0.6) is 0 Å². The van der Waals surface area contributed by atoms with Crippen LogP contribution in [0.1, 0.15) is 0 Å². The van der Waals surface area contributed by atoms with Crippen LogP contribution in [-0.2, 0) is 11.9 Å². The average molecular weight is 361 g/mol. The maximum Gasteiger partial charge on any atom is -0.870 e. The molecule has 0 aliphatic heterocycles. The summed E-state index contributed by atoms with van der Waals surface area (Å²) in [4.78, 5) is 0. The second-order valence-corrected chi connectivity index (χ2v) is 25.8.